The molecule has 1 aliphatic heterocycles. The van der Waals surface area contributed by atoms with Crippen molar-refractivity contribution in [3.63, 3.8) is 0 Å². The predicted octanol–water partition coefficient (Wildman–Crippen LogP) is 1.55. The van der Waals surface area contributed by atoms with Gasteiger partial charge in [0.25, 0.3) is 0 Å². The van der Waals surface area contributed by atoms with Gasteiger partial charge in [-0.3, -0.25) is 4.21 Å². The number of nitrogens with zero attached hydrogens (tertiary/aromatic N) is 3. The Morgan fingerprint density at radius 2 is 2.05 bits per heavy atom. The highest BCUT2D eigenvalue weighted by Crippen LogP contribution is 2.37. The van der Waals surface area contributed by atoms with Gasteiger partial charge in [0.1, 0.15) is 25.4 Å². The quantitative estimate of drug-likeness (QED) is 0.860. The van der Waals surface area contributed by atoms with Gasteiger partial charge in [-0.1, -0.05) is 11.6 Å². The minimum atomic E-state index is -1.32. The van der Waals surface area contributed by atoms with E-state index in [1.165, 1.54) is 0 Å². The number of ether oxygens (including phenoxy) is 2. The zero-order valence-corrected chi connectivity index (χ0v) is 12.3. The maximum atomic E-state index is 12.4. The molecule has 0 spiro atoms. The van der Waals surface area contributed by atoms with Gasteiger partial charge in [-0.2, -0.15) is 0 Å². The highest BCUT2D eigenvalue weighted by Gasteiger charge is 2.19. The number of rotatable bonds is 3. The first-order valence-electron chi connectivity index (χ1n) is 5.95. The van der Waals surface area contributed by atoms with Crippen molar-refractivity contribution in [1.29, 1.82) is 0 Å². The molecule has 2 aromatic rings. The lowest BCUT2D eigenvalue weighted by Gasteiger charge is -2.19. The second kappa shape index (κ2) is 5.41. The Morgan fingerprint density at radius 1 is 1.35 bits per heavy atom. The number of hydrogen-bond donors (Lipinski definition) is 0. The fourth-order valence-electron chi connectivity index (χ4n) is 1.85. The Hall–Kier alpha value is -1.60. The van der Waals surface area contributed by atoms with Gasteiger partial charge >= 0.3 is 0 Å². The highest BCUT2D eigenvalue weighted by atomic mass is 35.5. The molecular formula is C12H12ClN3O3S. The molecule has 3 rings (SSSR count). The van der Waals surface area contributed by atoms with Gasteiger partial charge in [0.15, 0.2) is 11.5 Å². The van der Waals surface area contributed by atoms with E-state index in [1.807, 2.05) is 0 Å². The van der Waals surface area contributed by atoms with E-state index in [0.29, 0.717) is 40.5 Å². The molecule has 106 valence electrons. The fourth-order valence-corrected chi connectivity index (χ4v) is 3.43. The van der Waals surface area contributed by atoms with E-state index in [4.69, 9.17) is 21.1 Å². The van der Waals surface area contributed by atoms with E-state index in [0.717, 1.165) is 0 Å². The van der Waals surface area contributed by atoms with Crippen LogP contribution in [0.15, 0.2) is 23.4 Å². The summed E-state index contributed by atoms with van der Waals surface area (Å²) < 4.78 is 25.1. The zero-order chi connectivity index (χ0) is 14.1. The van der Waals surface area contributed by atoms with Crippen molar-refractivity contribution < 1.29 is 13.7 Å². The fraction of sp³-hybridized carbons (Fsp3) is 0.333. The molecule has 8 heteroatoms. The van der Waals surface area contributed by atoms with Crippen LogP contribution in [0.25, 0.3) is 0 Å². The van der Waals surface area contributed by atoms with Crippen molar-refractivity contribution in [2.45, 2.75) is 10.6 Å². The number of hydrogen-bond acceptors (Lipinski definition) is 5. The van der Waals surface area contributed by atoms with Gasteiger partial charge in [-0.15, -0.1) is 10.2 Å². The van der Waals surface area contributed by atoms with Crippen LogP contribution in [0.2, 0.25) is 5.02 Å². The van der Waals surface area contributed by atoms with E-state index in [-0.39, 0.29) is 5.75 Å². The molecule has 0 aliphatic carbocycles. The van der Waals surface area contributed by atoms with E-state index in [9.17, 15) is 4.21 Å². The molecule has 0 fully saturated rings. The molecule has 1 aliphatic rings. The molecule has 1 aromatic carbocycles. The van der Waals surface area contributed by atoms with Gasteiger partial charge in [0.05, 0.1) is 26.5 Å². The largest absolute Gasteiger partial charge is 0.486 e. The second-order valence-electron chi connectivity index (χ2n) is 4.27. The van der Waals surface area contributed by atoms with Crippen molar-refractivity contribution in [3.8, 4) is 11.5 Å². The normalized spacial score (nSPS) is 15.1. The number of benzene rings is 1. The molecule has 20 heavy (non-hydrogen) atoms. The zero-order valence-electron chi connectivity index (χ0n) is 10.7. The van der Waals surface area contributed by atoms with E-state index in [2.05, 4.69) is 10.2 Å². The molecule has 0 bridgehead atoms. The molecule has 0 unspecified atom stereocenters. The number of aromatic nitrogens is 3. The third-order valence-corrected chi connectivity index (χ3v) is 4.68. The Bertz CT molecular complexity index is 674. The summed E-state index contributed by atoms with van der Waals surface area (Å²) >= 11 is 6.16. The van der Waals surface area contributed by atoms with Crippen LogP contribution in [0.1, 0.15) is 5.82 Å². The molecule has 0 saturated heterocycles. The van der Waals surface area contributed by atoms with Crippen LogP contribution in [0, 0.1) is 0 Å². The average Bonchev–Trinajstić information content (AvgIpc) is 2.83. The van der Waals surface area contributed by atoms with Crippen molar-refractivity contribution in [2.24, 2.45) is 7.05 Å². The average molecular weight is 314 g/mol. The van der Waals surface area contributed by atoms with E-state index in [1.54, 1.807) is 30.1 Å². The van der Waals surface area contributed by atoms with Crippen molar-refractivity contribution in [1.82, 2.24) is 14.8 Å². The molecule has 2 heterocycles. The lowest BCUT2D eigenvalue weighted by molar-refractivity contribution is 0.171. The number of halogens is 1. The van der Waals surface area contributed by atoms with Crippen molar-refractivity contribution in [3.05, 3.63) is 29.3 Å². The maximum absolute atomic E-state index is 12.4. The second-order valence-corrected chi connectivity index (χ2v) is 6.10. The summed E-state index contributed by atoms with van der Waals surface area (Å²) in [6.45, 7) is 0.967. The van der Waals surface area contributed by atoms with Crippen LogP contribution < -0.4 is 9.47 Å². The summed E-state index contributed by atoms with van der Waals surface area (Å²) in [6, 6.07) is 3.31. The summed E-state index contributed by atoms with van der Waals surface area (Å²) in [7, 11) is 0.480. The number of aryl methyl sites for hydroxylation is 1. The van der Waals surface area contributed by atoms with E-state index < -0.39 is 10.8 Å². The Morgan fingerprint density at radius 3 is 2.70 bits per heavy atom. The van der Waals surface area contributed by atoms with Gasteiger partial charge in [-0.25, -0.2) is 0 Å². The summed E-state index contributed by atoms with van der Waals surface area (Å²) in [5, 5.41) is 8.08. The summed E-state index contributed by atoms with van der Waals surface area (Å²) in [4.78, 5) is 0.513. The maximum Gasteiger partial charge on any atom is 0.162 e. The minimum Gasteiger partial charge on any atom is -0.486 e. The first kappa shape index (κ1) is 13.4. The van der Waals surface area contributed by atoms with Crippen molar-refractivity contribution >= 4 is 22.4 Å². The standard InChI is InChI=1S/C12H12ClN3O3S/c1-16-7-14-15-12(16)6-20(17)11-5-10-9(4-8(11)13)18-2-3-19-10/h4-5,7H,2-3,6H2,1H3/t20-/m1/s1. The molecule has 1 aromatic heterocycles. The highest BCUT2D eigenvalue weighted by molar-refractivity contribution is 7.84. The molecule has 0 radical (unpaired) electrons. The SMILES string of the molecule is Cn1cnnc1C[S@@](=O)c1cc2c(cc1Cl)OCCO2. The van der Waals surface area contributed by atoms with Crippen LogP contribution in [0.5, 0.6) is 11.5 Å². The minimum absolute atomic E-state index is 0.246. The molecule has 1 atom stereocenters. The predicted molar refractivity (Wildman–Crippen MR) is 73.6 cm³/mol. The third kappa shape index (κ3) is 2.51. The molecule has 0 amide bonds. The van der Waals surface area contributed by atoms with Gasteiger partial charge in [0.2, 0.25) is 0 Å². The lowest BCUT2D eigenvalue weighted by atomic mass is 10.3. The first-order valence-corrected chi connectivity index (χ1v) is 7.65. The lowest BCUT2D eigenvalue weighted by Crippen LogP contribution is -2.15. The first-order chi connectivity index (χ1) is 9.65. The number of fused-ring (bicyclic) bond motifs is 1. The van der Waals surface area contributed by atoms with Gasteiger partial charge in [0, 0.05) is 19.2 Å². The smallest absolute Gasteiger partial charge is 0.162 e. The Kier molecular flexibility index (Phi) is 3.62. The summed E-state index contributed by atoms with van der Waals surface area (Å²) in [6.07, 6.45) is 1.57. The van der Waals surface area contributed by atoms with Gasteiger partial charge < -0.3 is 14.0 Å². The van der Waals surface area contributed by atoms with Crippen LogP contribution in [0.4, 0.5) is 0 Å². The Labute approximate surface area is 123 Å². The Balaban J connectivity index is 1.89. The molecule has 6 nitrogen and oxygen atoms in total. The van der Waals surface area contributed by atoms with Crippen molar-refractivity contribution in [2.75, 3.05) is 13.2 Å². The summed E-state index contributed by atoms with van der Waals surface area (Å²) in [5.74, 6) is 2.03. The van der Waals surface area contributed by atoms with Gasteiger partial charge in [-0.05, 0) is 0 Å². The molecule has 0 saturated carbocycles. The monoisotopic (exact) mass is 313 g/mol. The van der Waals surface area contributed by atoms with Crippen LogP contribution in [0.3, 0.4) is 0 Å². The van der Waals surface area contributed by atoms with Crippen LogP contribution in [-0.4, -0.2) is 32.2 Å². The van der Waals surface area contributed by atoms with E-state index >= 15 is 0 Å². The molecule has 0 N–H and O–H groups in total. The topological polar surface area (TPSA) is 66.2 Å². The third-order valence-electron chi connectivity index (χ3n) is 2.91. The molecular weight excluding hydrogens is 302 g/mol. The summed E-state index contributed by atoms with van der Waals surface area (Å²) in [5.41, 5.74) is 0. The van der Waals surface area contributed by atoms with Crippen LogP contribution >= 0.6 is 11.6 Å². The van der Waals surface area contributed by atoms with Crippen LogP contribution in [-0.2, 0) is 23.6 Å².